The first-order chi connectivity index (χ1) is 8.66. The molecule has 2 atom stereocenters. The van der Waals surface area contributed by atoms with Crippen molar-refractivity contribution in [3.8, 4) is 0 Å². The minimum atomic E-state index is 0.133. The van der Waals surface area contributed by atoms with Gasteiger partial charge in [0.05, 0.1) is 0 Å². The molecule has 100 valence electrons. The highest BCUT2D eigenvalue weighted by atomic mass is 15.2. The Balaban J connectivity index is 1.92. The summed E-state index contributed by atoms with van der Waals surface area (Å²) >= 11 is 0. The summed E-state index contributed by atoms with van der Waals surface area (Å²) in [5, 5.41) is 0. The average Bonchev–Trinajstić information content (AvgIpc) is 2.77. The monoisotopic (exact) mass is 247 g/mol. The summed E-state index contributed by atoms with van der Waals surface area (Å²) in [5.74, 6) is 0. The Labute approximate surface area is 111 Å². The maximum atomic E-state index is 6.31. The third-order valence-corrected chi connectivity index (χ3v) is 3.73. The third-order valence-electron chi connectivity index (χ3n) is 3.73. The Kier molecular flexibility index (Phi) is 4.75. The van der Waals surface area contributed by atoms with Gasteiger partial charge in [-0.05, 0) is 39.0 Å². The first kappa shape index (κ1) is 13.5. The minimum Gasteiger partial charge on any atom is -0.323 e. The average molecular weight is 247 g/mol. The second-order valence-electron chi connectivity index (χ2n) is 5.57. The van der Waals surface area contributed by atoms with E-state index in [1.165, 1.54) is 24.9 Å². The summed E-state index contributed by atoms with van der Waals surface area (Å²) in [6, 6.07) is 11.2. The van der Waals surface area contributed by atoms with Crippen molar-refractivity contribution in [2.24, 2.45) is 5.73 Å². The van der Waals surface area contributed by atoms with Crippen LogP contribution in [0.25, 0.3) is 0 Å². The lowest BCUT2D eigenvalue weighted by atomic mass is 10.1. The topological polar surface area (TPSA) is 32.5 Å². The van der Waals surface area contributed by atoms with Crippen molar-refractivity contribution in [3.05, 3.63) is 35.9 Å². The predicted molar refractivity (Wildman–Crippen MR) is 76.5 cm³/mol. The number of nitrogens with two attached hydrogens (primary N) is 1. The van der Waals surface area contributed by atoms with Gasteiger partial charge in [0, 0.05) is 25.2 Å². The molecular weight excluding hydrogens is 222 g/mol. The molecule has 1 heterocycles. The fourth-order valence-electron chi connectivity index (χ4n) is 2.82. The van der Waals surface area contributed by atoms with Crippen LogP contribution in [0.3, 0.4) is 0 Å². The zero-order valence-corrected chi connectivity index (χ0v) is 11.5. The molecule has 0 saturated carbocycles. The van der Waals surface area contributed by atoms with Gasteiger partial charge in [-0.3, -0.25) is 4.90 Å². The smallest absolute Gasteiger partial charge is 0.0424 e. The van der Waals surface area contributed by atoms with Gasteiger partial charge in [0.1, 0.15) is 0 Å². The van der Waals surface area contributed by atoms with Crippen molar-refractivity contribution in [3.63, 3.8) is 0 Å². The van der Waals surface area contributed by atoms with Crippen LogP contribution >= 0.6 is 0 Å². The van der Waals surface area contributed by atoms with Crippen LogP contribution in [0.4, 0.5) is 0 Å². The maximum absolute atomic E-state index is 6.31. The quantitative estimate of drug-likeness (QED) is 0.860. The zero-order valence-electron chi connectivity index (χ0n) is 11.5. The lowest BCUT2D eigenvalue weighted by Gasteiger charge is -2.29. The molecule has 0 aromatic heterocycles. The largest absolute Gasteiger partial charge is 0.323 e. The number of hydrogen-bond acceptors (Lipinski definition) is 3. The molecule has 3 nitrogen and oxygen atoms in total. The lowest BCUT2D eigenvalue weighted by molar-refractivity contribution is 0.198. The molecule has 0 spiro atoms. The summed E-state index contributed by atoms with van der Waals surface area (Å²) in [6.07, 6.45) is 2.61. The molecule has 0 radical (unpaired) electrons. The normalized spacial score (nSPS) is 22.6. The van der Waals surface area contributed by atoms with Gasteiger partial charge in [-0.15, -0.1) is 0 Å². The fourth-order valence-corrected chi connectivity index (χ4v) is 2.82. The van der Waals surface area contributed by atoms with Gasteiger partial charge in [0.15, 0.2) is 0 Å². The third kappa shape index (κ3) is 3.55. The predicted octanol–water partition coefficient (Wildman–Crippen LogP) is 1.71. The fraction of sp³-hybridized carbons (Fsp3) is 0.600. The van der Waals surface area contributed by atoms with Gasteiger partial charge < -0.3 is 10.6 Å². The van der Waals surface area contributed by atoms with Crippen molar-refractivity contribution >= 4 is 0 Å². The van der Waals surface area contributed by atoms with E-state index in [0.717, 1.165) is 13.1 Å². The second-order valence-corrected chi connectivity index (χ2v) is 5.57. The first-order valence-corrected chi connectivity index (χ1v) is 6.86. The molecule has 0 bridgehead atoms. The van der Waals surface area contributed by atoms with Crippen LogP contribution in [0.1, 0.15) is 24.4 Å². The number of nitrogens with zero attached hydrogens (tertiary/aromatic N) is 2. The first-order valence-electron chi connectivity index (χ1n) is 6.86. The summed E-state index contributed by atoms with van der Waals surface area (Å²) in [6.45, 7) is 3.31. The summed E-state index contributed by atoms with van der Waals surface area (Å²) < 4.78 is 0. The number of likely N-dealkylation sites (tertiary alicyclic amines) is 1. The Morgan fingerprint density at radius 3 is 2.72 bits per heavy atom. The van der Waals surface area contributed by atoms with E-state index in [0.29, 0.717) is 6.04 Å². The Morgan fingerprint density at radius 1 is 1.33 bits per heavy atom. The van der Waals surface area contributed by atoms with E-state index in [2.05, 4.69) is 48.2 Å². The van der Waals surface area contributed by atoms with Gasteiger partial charge in [0.2, 0.25) is 0 Å². The molecule has 1 fully saturated rings. The van der Waals surface area contributed by atoms with Crippen molar-refractivity contribution in [2.45, 2.75) is 24.9 Å². The molecule has 1 saturated heterocycles. The van der Waals surface area contributed by atoms with Crippen LogP contribution in [0.5, 0.6) is 0 Å². The van der Waals surface area contributed by atoms with Crippen molar-refractivity contribution in [1.29, 1.82) is 0 Å². The molecule has 1 aromatic carbocycles. The minimum absolute atomic E-state index is 0.133. The van der Waals surface area contributed by atoms with E-state index in [1.807, 2.05) is 6.07 Å². The van der Waals surface area contributed by atoms with E-state index in [-0.39, 0.29) is 6.04 Å². The van der Waals surface area contributed by atoms with E-state index in [9.17, 15) is 0 Å². The standard InChI is InChI=1S/C15H25N3/c1-17(2)11-14-9-6-10-18(14)12-15(16)13-7-4-3-5-8-13/h3-5,7-8,14-15H,6,9-12,16H2,1-2H3. The molecule has 2 rings (SSSR count). The molecule has 2 unspecified atom stereocenters. The van der Waals surface area contributed by atoms with E-state index < -0.39 is 0 Å². The van der Waals surface area contributed by atoms with Gasteiger partial charge in [-0.25, -0.2) is 0 Å². The van der Waals surface area contributed by atoms with Gasteiger partial charge in [-0.2, -0.15) is 0 Å². The van der Waals surface area contributed by atoms with Crippen LogP contribution < -0.4 is 5.73 Å². The number of likely N-dealkylation sites (N-methyl/N-ethyl adjacent to an activating group) is 1. The van der Waals surface area contributed by atoms with Crippen molar-refractivity contribution in [2.75, 3.05) is 33.7 Å². The van der Waals surface area contributed by atoms with Crippen LogP contribution in [0, 0.1) is 0 Å². The number of rotatable bonds is 5. The molecule has 2 N–H and O–H groups in total. The number of hydrogen-bond donors (Lipinski definition) is 1. The molecule has 0 amide bonds. The van der Waals surface area contributed by atoms with Crippen LogP contribution in [-0.2, 0) is 0 Å². The summed E-state index contributed by atoms with van der Waals surface area (Å²) in [7, 11) is 4.29. The summed E-state index contributed by atoms with van der Waals surface area (Å²) in [5.41, 5.74) is 7.56. The Morgan fingerprint density at radius 2 is 2.06 bits per heavy atom. The molecule has 1 aliphatic heterocycles. The van der Waals surface area contributed by atoms with E-state index in [4.69, 9.17) is 5.73 Å². The number of benzene rings is 1. The molecule has 1 aliphatic rings. The SMILES string of the molecule is CN(C)CC1CCCN1CC(N)c1ccccc1. The highest BCUT2D eigenvalue weighted by molar-refractivity contribution is 5.18. The van der Waals surface area contributed by atoms with Gasteiger partial charge in [-0.1, -0.05) is 30.3 Å². The molecule has 3 heteroatoms. The van der Waals surface area contributed by atoms with Gasteiger partial charge >= 0.3 is 0 Å². The maximum Gasteiger partial charge on any atom is 0.0424 e. The van der Waals surface area contributed by atoms with Crippen LogP contribution in [0.2, 0.25) is 0 Å². The molecule has 0 aliphatic carbocycles. The highest BCUT2D eigenvalue weighted by Gasteiger charge is 2.26. The Bertz CT molecular complexity index is 350. The van der Waals surface area contributed by atoms with E-state index >= 15 is 0 Å². The van der Waals surface area contributed by atoms with Gasteiger partial charge in [0.25, 0.3) is 0 Å². The van der Waals surface area contributed by atoms with Crippen molar-refractivity contribution in [1.82, 2.24) is 9.80 Å². The molecule has 18 heavy (non-hydrogen) atoms. The zero-order chi connectivity index (χ0) is 13.0. The Hall–Kier alpha value is -0.900. The van der Waals surface area contributed by atoms with E-state index in [1.54, 1.807) is 0 Å². The second kappa shape index (κ2) is 6.32. The van der Waals surface area contributed by atoms with Crippen LogP contribution in [0.15, 0.2) is 30.3 Å². The summed E-state index contributed by atoms with van der Waals surface area (Å²) in [4.78, 5) is 4.83. The van der Waals surface area contributed by atoms with Crippen molar-refractivity contribution < 1.29 is 0 Å². The van der Waals surface area contributed by atoms with Crippen LogP contribution in [-0.4, -0.2) is 49.6 Å². The molecular formula is C15H25N3. The molecule has 1 aromatic rings. The highest BCUT2D eigenvalue weighted by Crippen LogP contribution is 2.21. The lowest BCUT2D eigenvalue weighted by Crippen LogP contribution is -2.41.